The molecule has 1 atom stereocenters. The molecule has 2 radical (unpaired) electrons. The molecule has 0 aromatic carbocycles. The first-order chi connectivity index (χ1) is 11.8. The summed E-state index contributed by atoms with van der Waals surface area (Å²) in [4.78, 5) is 16.5. The molecule has 2 N–H and O–H groups in total. The van der Waals surface area contributed by atoms with E-state index in [-0.39, 0.29) is 5.04 Å². The van der Waals surface area contributed by atoms with Crippen molar-refractivity contribution in [3.8, 4) is 0 Å². The fourth-order valence-electron chi connectivity index (χ4n) is 3.42. The number of carbonyl (C=O) groups excluding carboxylic acids is 1. The minimum absolute atomic E-state index is 0.262. The predicted octanol–water partition coefficient (Wildman–Crippen LogP) is 5.13. The molecule has 26 heavy (non-hydrogen) atoms. The fraction of sp³-hybridized carbons (Fsp3) is 0.700. The summed E-state index contributed by atoms with van der Waals surface area (Å²) in [5, 5.41) is 6.87. The zero-order valence-corrected chi connectivity index (χ0v) is 18.4. The van der Waals surface area contributed by atoms with Crippen LogP contribution in [0.1, 0.15) is 61.1 Å². The van der Waals surface area contributed by atoms with E-state index in [1.165, 1.54) is 0 Å². The van der Waals surface area contributed by atoms with Gasteiger partial charge in [-0.15, -0.1) is 0 Å². The maximum absolute atomic E-state index is 11.9. The molecule has 144 valence electrons. The quantitative estimate of drug-likeness (QED) is 0.719. The van der Waals surface area contributed by atoms with E-state index < -0.39 is 11.7 Å². The zero-order chi connectivity index (χ0) is 19.8. The van der Waals surface area contributed by atoms with Crippen molar-refractivity contribution in [1.29, 1.82) is 0 Å². The fourth-order valence-corrected chi connectivity index (χ4v) is 5.76. The number of fused-ring (bicyclic) bond motifs is 1. The van der Waals surface area contributed by atoms with Crippen molar-refractivity contribution in [3.05, 3.63) is 18.0 Å². The van der Waals surface area contributed by atoms with Gasteiger partial charge in [0.15, 0.2) is 0 Å². The van der Waals surface area contributed by atoms with E-state index in [9.17, 15) is 4.79 Å². The second-order valence-electron chi connectivity index (χ2n) is 9.72. The van der Waals surface area contributed by atoms with Crippen LogP contribution in [0.3, 0.4) is 0 Å². The van der Waals surface area contributed by atoms with Gasteiger partial charge < -0.3 is 10.1 Å². The van der Waals surface area contributed by atoms with Crippen LogP contribution in [0.4, 0.5) is 16.2 Å². The number of nitrogens with one attached hydrogen (secondary N) is 2. The van der Waals surface area contributed by atoms with Gasteiger partial charge in [-0.25, -0.2) is 4.79 Å². The second kappa shape index (κ2) is 7.22. The SMILES string of the molecule is CC(C)(C)OC(=O)Nc1cnc2c(c1)NCC(C(C)(C)[Si]C(C)(C)C)C2. The van der Waals surface area contributed by atoms with Gasteiger partial charge in [0.25, 0.3) is 0 Å². The highest BCUT2D eigenvalue weighted by molar-refractivity contribution is 6.43. The minimum atomic E-state index is -0.517. The Morgan fingerprint density at radius 1 is 1.23 bits per heavy atom. The Balaban J connectivity index is 2.06. The molecule has 0 spiro atoms. The van der Waals surface area contributed by atoms with Gasteiger partial charge in [0.2, 0.25) is 0 Å². The first kappa shape index (κ1) is 20.7. The maximum Gasteiger partial charge on any atom is 0.412 e. The molecular formula is C20H33N3O2Si. The molecule has 0 bridgehead atoms. The van der Waals surface area contributed by atoms with E-state index in [0.29, 0.717) is 16.6 Å². The highest BCUT2D eigenvalue weighted by Gasteiger charge is 2.36. The number of anilines is 2. The highest BCUT2D eigenvalue weighted by atomic mass is 28.2. The van der Waals surface area contributed by atoms with Crippen LogP contribution in [0.25, 0.3) is 0 Å². The Morgan fingerprint density at radius 3 is 2.46 bits per heavy atom. The van der Waals surface area contributed by atoms with Gasteiger partial charge in [-0.3, -0.25) is 10.3 Å². The van der Waals surface area contributed by atoms with Crippen LogP contribution >= 0.6 is 0 Å². The van der Waals surface area contributed by atoms with Crippen LogP contribution in [0, 0.1) is 5.92 Å². The second-order valence-corrected chi connectivity index (χ2v) is 12.8. The average Bonchev–Trinajstić information content (AvgIpc) is 2.41. The topological polar surface area (TPSA) is 63.2 Å². The van der Waals surface area contributed by atoms with Gasteiger partial charge >= 0.3 is 6.09 Å². The van der Waals surface area contributed by atoms with Gasteiger partial charge in [0, 0.05) is 6.54 Å². The zero-order valence-electron chi connectivity index (χ0n) is 17.4. The van der Waals surface area contributed by atoms with Crippen molar-refractivity contribution in [2.75, 3.05) is 17.2 Å². The normalized spacial score (nSPS) is 17.9. The van der Waals surface area contributed by atoms with Crippen molar-refractivity contribution >= 4 is 27.0 Å². The molecule has 0 saturated carbocycles. The third kappa shape index (κ3) is 6.00. The number of nitrogens with zero attached hydrogens (tertiary/aromatic N) is 1. The maximum atomic E-state index is 11.9. The molecule has 0 fully saturated rings. The lowest BCUT2D eigenvalue weighted by atomic mass is 9.87. The van der Waals surface area contributed by atoms with Gasteiger partial charge in [-0.05, 0) is 49.3 Å². The summed E-state index contributed by atoms with van der Waals surface area (Å²) in [6.07, 6.45) is 2.22. The number of aromatic nitrogens is 1. The lowest BCUT2D eigenvalue weighted by Gasteiger charge is -2.41. The third-order valence-corrected chi connectivity index (χ3v) is 6.11. The monoisotopic (exact) mass is 375 g/mol. The Hall–Kier alpha value is -1.56. The Labute approximate surface area is 160 Å². The summed E-state index contributed by atoms with van der Waals surface area (Å²) in [6.45, 7) is 18.1. The van der Waals surface area contributed by atoms with E-state index >= 15 is 0 Å². The Kier molecular flexibility index (Phi) is 5.76. The highest BCUT2D eigenvalue weighted by Crippen LogP contribution is 2.44. The smallest absolute Gasteiger partial charge is 0.412 e. The summed E-state index contributed by atoms with van der Waals surface area (Å²) in [5.41, 5.74) is 2.21. The van der Waals surface area contributed by atoms with Crippen molar-refractivity contribution < 1.29 is 9.53 Å². The molecule has 1 unspecified atom stereocenters. The number of hydrogen-bond donors (Lipinski definition) is 2. The summed E-state index contributed by atoms with van der Waals surface area (Å²) in [6, 6.07) is 1.95. The van der Waals surface area contributed by atoms with Crippen molar-refractivity contribution in [2.45, 2.75) is 77.5 Å². The molecule has 1 amide bonds. The number of carbonyl (C=O) groups is 1. The summed E-state index contributed by atoms with van der Waals surface area (Å²) < 4.78 is 5.30. The van der Waals surface area contributed by atoms with Gasteiger partial charge in [0.1, 0.15) is 5.60 Å². The number of ether oxygens (including phenoxy) is 1. The molecule has 1 aromatic heterocycles. The van der Waals surface area contributed by atoms with Crippen LogP contribution < -0.4 is 10.6 Å². The third-order valence-electron chi connectivity index (χ3n) is 4.31. The molecule has 0 aliphatic carbocycles. The molecule has 2 heterocycles. The van der Waals surface area contributed by atoms with Crippen LogP contribution in [0.5, 0.6) is 0 Å². The van der Waals surface area contributed by atoms with E-state index in [2.05, 4.69) is 50.2 Å². The van der Waals surface area contributed by atoms with Gasteiger partial charge in [0.05, 0.1) is 32.8 Å². The summed E-state index contributed by atoms with van der Waals surface area (Å²) in [5.74, 6) is 0.546. The van der Waals surface area contributed by atoms with E-state index in [1.807, 2.05) is 26.8 Å². The largest absolute Gasteiger partial charge is 0.444 e. The number of amides is 1. The Bertz CT molecular complexity index is 660. The van der Waals surface area contributed by atoms with Crippen molar-refractivity contribution in [2.24, 2.45) is 5.92 Å². The molecule has 1 aliphatic rings. The lowest BCUT2D eigenvalue weighted by molar-refractivity contribution is 0.0636. The van der Waals surface area contributed by atoms with Crippen molar-refractivity contribution in [1.82, 2.24) is 4.98 Å². The molecule has 5 nitrogen and oxygen atoms in total. The minimum Gasteiger partial charge on any atom is -0.444 e. The van der Waals surface area contributed by atoms with Crippen LogP contribution in [-0.4, -0.2) is 32.7 Å². The lowest BCUT2D eigenvalue weighted by Crippen LogP contribution is -2.37. The van der Waals surface area contributed by atoms with Gasteiger partial charge in [-0.2, -0.15) is 0 Å². The van der Waals surface area contributed by atoms with Crippen molar-refractivity contribution in [3.63, 3.8) is 0 Å². The van der Waals surface area contributed by atoms with E-state index in [0.717, 1.165) is 33.9 Å². The standard InChI is InChI=1S/C20H33N3O2Si/c1-18(2,3)25-17(24)23-14-10-16-15(22-12-14)9-13(11-21-16)20(7,8)26-19(4,5)6/h10,12-13,21H,9,11H2,1-8H3,(H,23,24). The number of rotatable bonds is 3. The van der Waals surface area contributed by atoms with Gasteiger partial charge in [-0.1, -0.05) is 34.6 Å². The predicted molar refractivity (Wildman–Crippen MR) is 109 cm³/mol. The first-order valence-electron chi connectivity index (χ1n) is 9.27. The van der Waals surface area contributed by atoms with E-state index in [1.54, 1.807) is 6.20 Å². The van der Waals surface area contributed by atoms with Crippen LogP contribution in [-0.2, 0) is 11.2 Å². The molecule has 1 aliphatic heterocycles. The molecule has 6 heteroatoms. The van der Waals surface area contributed by atoms with E-state index in [4.69, 9.17) is 4.74 Å². The number of hydrogen-bond acceptors (Lipinski definition) is 4. The summed E-state index contributed by atoms with van der Waals surface area (Å²) >= 11 is 0. The van der Waals surface area contributed by atoms with Crippen LogP contribution in [0.2, 0.25) is 10.1 Å². The molecule has 0 saturated heterocycles. The molecular weight excluding hydrogens is 342 g/mol. The van der Waals surface area contributed by atoms with Crippen LogP contribution in [0.15, 0.2) is 12.3 Å². The molecule has 2 rings (SSSR count). The molecule has 1 aromatic rings. The summed E-state index contributed by atoms with van der Waals surface area (Å²) in [7, 11) is 0.884. The average molecular weight is 376 g/mol. The Morgan fingerprint density at radius 2 is 1.88 bits per heavy atom. The first-order valence-corrected chi connectivity index (χ1v) is 10.3. The number of pyridine rings is 1.